The highest BCUT2D eigenvalue weighted by Crippen LogP contribution is 2.31. The van der Waals surface area contributed by atoms with Gasteiger partial charge in [-0.15, -0.1) is 0 Å². The largest absolute Gasteiger partial charge is 0.338 e. The zero-order valence-corrected chi connectivity index (χ0v) is 9.73. The Labute approximate surface area is 90.7 Å². The lowest BCUT2D eigenvalue weighted by Crippen LogP contribution is -2.38. The molecule has 15 heavy (non-hydrogen) atoms. The first kappa shape index (κ1) is 10.6. The molecule has 1 fully saturated rings. The van der Waals surface area contributed by atoms with Crippen molar-refractivity contribution < 1.29 is 4.52 Å². The molecule has 1 saturated heterocycles. The van der Waals surface area contributed by atoms with E-state index >= 15 is 0 Å². The summed E-state index contributed by atoms with van der Waals surface area (Å²) in [5, 5.41) is 3.87. The lowest BCUT2D eigenvalue weighted by Gasteiger charge is -2.36. The number of piperidine rings is 1. The summed E-state index contributed by atoms with van der Waals surface area (Å²) in [7, 11) is 0. The molecular formula is C11H19N3O. The predicted molar refractivity (Wildman–Crippen MR) is 57.5 cm³/mol. The third-order valence-corrected chi connectivity index (χ3v) is 3.04. The highest BCUT2D eigenvalue weighted by Gasteiger charge is 2.29. The van der Waals surface area contributed by atoms with Gasteiger partial charge in [0.25, 0.3) is 0 Å². The van der Waals surface area contributed by atoms with Crippen LogP contribution in [0.25, 0.3) is 0 Å². The summed E-state index contributed by atoms with van der Waals surface area (Å²) < 4.78 is 5.28. The van der Waals surface area contributed by atoms with Gasteiger partial charge in [0, 0.05) is 6.04 Å². The maximum atomic E-state index is 5.28. The molecule has 0 spiro atoms. The van der Waals surface area contributed by atoms with Gasteiger partial charge in [-0.2, -0.15) is 4.98 Å². The number of aromatic nitrogens is 2. The fraction of sp³-hybridized carbons (Fsp3) is 0.818. The number of nitrogens with zero attached hydrogens (tertiary/aromatic N) is 3. The average Bonchev–Trinajstić information content (AvgIpc) is 2.65. The lowest BCUT2D eigenvalue weighted by atomic mass is 10.0. The minimum atomic E-state index is 0.333. The summed E-state index contributed by atoms with van der Waals surface area (Å²) in [6.45, 7) is 7.46. The molecule has 1 aromatic rings. The number of rotatable bonds is 2. The van der Waals surface area contributed by atoms with Crippen LogP contribution in [0.15, 0.2) is 4.52 Å². The highest BCUT2D eigenvalue weighted by atomic mass is 16.5. The van der Waals surface area contributed by atoms with Crippen LogP contribution in [-0.2, 0) is 0 Å². The SMILES string of the molecule is Cc1noc(C2CCCCN2C(C)C)n1. The van der Waals surface area contributed by atoms with Crippen LogP contribution in [0.5, 0.6) is 0 Å². The van der Waals surface area contributed by atoms with E-state index in [1.807, 2.05) is 6.92 Å². The van der Waals surface area contributed by atoms with E-state index in [1.54, 1.807) is 0 Å². The molecule has 0 saturated carbocycles. The summed E-state index contributed by atoms with van der Waals surface area (Å²) in [6.07, 6.45) is 3.68. The molecule has 1 aliphatic heterocycles. The molecule has 1 aliphatic rings. The minimum absolute atomic E-state index is 0.333. The molecule has 0 bridgehead atoms. The molecule has 1 unspecified atom stereocenters. The number of hydrogen-bond acceptors (Lipinski definition) is 4. The van der Waals surface area contributed by atoms with E-state index in [2.05, 4.69) is 28.9 Å². The Hall–Kier alpha value is -0.900. The Morgan fingerprint density at radius 2 is 2.20 bits per heavy atom. The van der Waals surface area contributed by atoms with E-state index in [9.17, 15) is 0 Å². The molecule has 0 amide bonds. The number of aryl methyl sites for hydroxylation is 1. The smallest absolute Gasteiger partial charge is 0.243 e. The van der Waals surface area contributed by atoms with E-state index in [-0.39, 0.29) is 0 Å². The van der Waals surface area contributed by atoms with Gasteiger partial charge in [-0.3, -0.25) is 4.90 Å². The van der Waals surface area contributed by atoms with Crippen LogP contribution < -0.4 is 0 Å². The molecule has 2 rings (SSSR count). The summed E-state index contributed by atoms with van der Waals surface area (Å²) in [6, 6.07) is 0.877. The van der Waals surface area contributed by atoms with Crippen molar-refractivity contribution in [3.05, 3.63) is 11.7 Å². The van der Waals surface area contributed by atoms with Crippen molar-refractivity contribution in [3.63, 3.8) is 0 Å². The zero-order chi connectivity index (χ0) is 10.8. The first-order valence-corrected chi connectivity index (χ1v) is 5.74. The molecule has 0 radical (unpaired) electrons. The normalized spacial score (nSPS) is 23.6. The Balaban J connectivity index is 2.17. The van der Waals surface area contributed by atoms with Crippen molar-refractivity contribution in [1.82, 2.24) is 15.0 Å². The van der Waals surface area contributed by atoms with Gasteiger partial charge < -0.3 is 4.52 Å². The van der Waals surface area contributed by atoms with Gasteiger partial charge in [0.15, 0.2) is 5.82 Å². The first-order valence-electron chi connectivity index (χ1n) is 5.74. The summed E-state index contributed by atoms with van der Waals surface area (Å²) in [4.78, 5) is 6.80. The highest BCUT2D eigenvalue weighted by molar-refractivity contribution is 4.95. The van der Waals surface area contributed by atoms with Gasteiger partial charge in [-0.1, -0.05) is 11.6 Å². The maximum absolute atomic E-state index is 5.28. The second-order valence-electron chi connectivity index (χ2n) is 4.52. The van der Waals surface area contributed by atoms with Crippen LogP contribution >= 0.6 is 0 Å². The molecule has 4 nitrogen and oxygen atoms in total. The second kappa shape index (κ2) is 4.31. The standard InChI is InChI=1S/C11H19N3O/c1-8(2)14-7-5-4-6-10(14)11-12-9(3)13-15-11/h8,10H,4-7H2,1-3H3. The number of hydrogen-bond donors (Lipinski definition) is 0. The van der Waals surface area contributed by atoms with Crippen molar-refractivity contribution in [2.24, 2.45) is 0 Å². The summed E-state index contributed by atoms with van der Waals surface area (Å²) in [5.41, 5.74) is 0. The molecule has 0 aromatic carbocycles. The summed E-state index contributed by atoms with van der Waals surface area (Å²) >= 11 is 0. The Bertz CT molecular complexity index is 321. The summed E-state index contributed by atoms with van der Waals surface area (Å²) in [5.74, 6) is 1.53. The molecule has 1 aromatic heterocycles. The molecule has 1 atom stereocenters. The fourth-order valence-corrected chi connectivity index (χ4v) is 2.29. The van der Waals surface area contributed by atoms with Crippen LogP contribution in [0.2, 0.25) is 0 Å². The molecule has 0 N–H and O–H groups in total. The molecular weight excluding hydrogens is 190 g/mol. The van der Waals surface area contributed by atoms with E-state index in [0.29, 0.717) is 12.1 Å². The first-order chi connectivity index (χ1) is 7.18. The van der Waals surface area contributed by atoms with Crippen LogP contribution in [0.3, 0.4) is 0 Å². The van der Waals surface area contributed by atoms with Gasteiger partial charge in [0.2, 0.25) is 5.89 Å². The second-order valence-corrected chi connectivity index (χ2v) is 4.52. The van der Waals surface area contributed by atoms with Crippen molar-refractivity contribution >= 4 is 0 Å². The zero-order valence-electron chi connectivity index (χ0n) is 9.73. The van der Waals surface area contributed by atoms with Crippen molar-refractivity contribution in [3.8, 4) is 0 Å². The Kier molecular flexibility index (Phi) is 3.05. The third kappa shape index (κ3) is 2.20. The third-order valence-electron chi connectivity index (χ3n) is 3.04. The van der Waals surface area contributed by atoms with Crippen molar-refractivity contribution in [2.75, 3.05) is 6.54 Å². The molecule has 2 heterocycles. The average molecular weight is 209 g/mol. The topological polar surface area (TPSA) is 42.2 Å². The van der Waals surface area contributed by atoms with E-state index in [1.165, 1.54) is 12.8 Å². The Morgan fingerprint density at radius 1 is 1.40 bits per heavy atom. The van der Waals surface area contributed by atoms with E-state index in [4.69, 9.17) is 4.52 Å². The van der Waals surface area contributed by atoms with Gasteiger partial charge >= 0.3 is 0 Å². The van der Waals surface area contributed by atoms with Crippen molar-refractivity contribution in [2.45, 2.75) is 52.1 Å². The quantitative estimate of drug-likeness (QED) is 0.749. The van der Waals surface area contributed by atoms with Gasteiger partial charge in [0.05, 0.1) is 6.04 Å². The van der Waals surface area contributed by atoms with E-state index in [0.717, 1.165) is 24.7 Å². The van der Waals surface area contributed by atoms with Gasteiger partial charge in [0.1, 0.15) is 0 Å². The van der Waals surface area contributed by atoms with Crippen LogP contribution in [-0.4, -0.2) is 27.6 Å². The van der Waals surface area contributed by atoms with Gasteiger partial charge in [-0.05, 0) is 40.2 Å². The van der Waals surface area contributed by atoms with Gasteiger partial charge in [-0.25, -0.2) is 0 Å². The number of likely N-dealkylation sites (tertiary alicyclic amines) is 1. The van der Waals surface area contributed by atoms with E-state index < -0.39 is 0 Å². The van der Waals surface area contributed by atoms with Crippen LogP contribution in [0.4, 0.5) is 0 Å². The van der Waals surface area contributed by atoms with Crippen molar-refractivity contribution in [1.29, 1.82) is 0 Å². The van der Waals surface area contributed by atoms with Crippen LogP contribution in [0, 0.1) is 6.92 Å². The molecule has 4 heteroatoms. The molecule has 84 valence electrons. The molecule has 0 aliphatic carbocycles. The Morgan fingerprint density at radius 3 is 2.80 bits per heavy atom. The monoisotopic (exact) mass is 209 g/mol. The maximum Gasteiger partial charge on any atom is 0.243 e. The predicted octanol–water partition coefficient (Wildman–Crippen LogP) is 2.31. The fourth-order valence-electron chi connectivity index (χ4n) is 2.29. The minimum Gasteiger partial charge on any atom is -0.338 e. The lowest BCUT2D eigenvalue weighted by molar-refractivity contribution is 0.0875. The van der Waals surface area contributed by atoms with Crippen LogP contribution in [0.1, 0.15) is 50.9 Å².